The Balaban J connectivity index is 2.77. The van der Waals surface area contributed by atoms with E-state index < -0.39 is 0 Å². The van der Waals surface area contributed by atoms with Gasteiger partial charge in [0, 0.05) is 23.1 Å². The molecule has 0 aliphatic rings. The standard InChI is InChI=1S/C8H15ClOS2/c1-2-11-7-4-10-5-8-12-6-3-9/h2H,1,3-8H2. The largest absolute Gasteiger partial charge is 0.380 e. The van der Waals surface area contributed by atoms with Crippen molar-refractivity contribution in [2.75, 3.05) is 36.4 Å². The summed E-state index contributed by atoms with van der Waals surface area (Å²) in [6.45, 7) is 5.26. The van der Waals surface area contributed by atoms with Crippen LogP contribution in [-0.4, -0.2) is 36.4 Å². The Hall–Kier alpha value is 0.690. The van der Waals surface area contributed by atoms with E-state index in [-0.39, 0.29) is 0 Å². The summed E-state index contributed by atoms with van der Waals surface area (Å²) in [5.74, 6) is 3.80. The first kappa shape index (κ1) is 12.7. The van der Waals surface area contributed by atoms with Gasteiger partial charge in [0.1, 0.15) is 0 Å². The number of hydrogen-bond donors (Lipinski definition) is 0. The minimum absolute atomic E-state index is 0.733. The number of ether oxygens (including phenoxy) is 1. The van der Waals surface area contributed by atoms with Gasteiger partial charge in [-0.3, -0.25) is 0 Å². The molecule has 0 aromatic carbocycles. The molecule has 0 heterocycles. The summed E-state index contributed by atoms with van der Waals surface area (Å²) in [5, 5.41) is 1.84. The molecular weight excluding hydrogens is 212 g/mol. The monoisotopic (exact) mass is 226 g/mol. The Kier molecular flexibility index (Phi) is 12.4. The van der Waals surface area contributed by atoms with Crippen molar-refractivity contribution in [3.63, 3.8) is 0 Å². The molecule has 0 radical (unpaired) electrons. The Bertz CT molecular complexity index is 101. The minimum atomic E-state index is 0.733. The Morgan fingerprint density at radius 1 is 1.25 bits per heavy atom. The van der Waals surface area contributed by atoms with E-state index >= 15 is 0 Å². The molecule has 12 heavy (non-hydrogen) atoms. The van der Waals surface area contributed by atoms with Crippen LogP contribution in [0.4, 0.5) is 0 Å². The molecule has 72 valence electrons. The first-order valence-electron chi connectivity index (χ1n) is 3.85. The van der Waals surface area contributed by atoms with Crippen LogP contribution in [0.2, 0.25) is 0 Å². The van der Waals surface area contributed by atoms with E-state index in [0.717, 1.165) is 36.4 Å². The highest BCUT2D eigenvalue weighted by atomic mass is 35.5. The van der Waals surface area contributed by atoms with Crippen LogP contribution >= 0.6 is 35.1 Å². The summed E-state index contributed by atoms with van der Waals surface area (Å²) in [5.41, 5.74) is 0. The first-order valence-corrected chi connectivity index (χ1v) is 6.59. The maximum Gasteiger partial charge on any atom is 0.0560 e. The molecule has 1 nitrogen and oxygen atoms in total. The van der Waals surface area contributed by atoms with Crippen molar-refractivity contribution in [2.45, 2.75) is 0 Å². The summed E-state index contributed by atoms with van der Waals surface area (Å²) in [6.07, 6.45) is 0. The number of hydrogen-bond acceptors (Lipinski definition) is 3. The number of thioether (sulfide) groups is 2. The predicted octanol–water partition coefficient (Wildman–Crippen LogP) is 2.85. The van der Waals surface area contributed by atoms with Gasteiger partial charge in [-0.2, -0.15) is 11.8 Å². The van der Waals surface area contributed by atoms with Gasteiger partial charge in [0.25, 0.3) is 0 Å². The maximum atomic E-state index is 5.51. The van der Waals surface area contributed by atoms with Gasteiger partial charge < -0.3 is 4.74 Å². The molecule has 0 aliphatic carbocycles. The molecular formula is C8H15ClOS2. The average molecular weight is 227 g/mol. The second-order valence-corrected chi connectivity index (χ2v) is 4.63. The lowest BCUT2D eigenvalue weighted by Gasteiger charge is -2.01. The molecule has 0 fully saturated rings. The molecule has 0 N–H and O–H groups in total. The minimum Gasteiger partial charge on any atom is -0.380 e. The van der Waals surface area contributed by atoms with Crippen LogP contribution in [0, 0.1) is 0 Å². The van der Waals surface area contributed by atoms with E-state index in [9.17, 15) is 0 Å². The van der Waals surface area contributed by atoms with Crippen LogP contribution in [-0.2, 0) is 4.74 Å². The molecule has 0 aromatic rings. The molecule has 0 atom stereocenters. The molecule has 0 saturated heterocycles. The smallest absolute Gasteiger partial charge is 0.0560 e. The zero-order valence-corrected chi connectivity index (χ0v) is 9.52. The van der Waals surface area contributed by atoms with Crippen molar-refractivity contribution in [3.05, 3.63) is 12.0 Å². The summed E-state index contributed by atoms with van der Waals surface area (Å²) in [7, 11) is 0. The van der Waals surface area contributed by atoms with Crippen LogP contribution in [0.25, 0.3) is 0 Å². The van der Waals surface area contributed by atoms with E-state index in [4.69, 9.17) is 16.3 Å². The third-order valence-electron chi connectivity index (χ3n) is 1.06. The lowest BCUT2D eigenvalue weighted by molar-refractivity contribution is 0.167. The van der Waals surface area contributed by atoms with E-state index in [0.29, 0.717) is 0 Å². The predicted molar refractivity (Wildman–Crippen MR) is 61.5 cm³/mol. The van der Waals surface area contributed by atoms with Crippen molar-refractivity contribution < 1.29 is 4.74 Å². The molecule has 4 heteroatoms. The molecule has 0 saturated carbocycles. The molecule has 0 bridgehead atoms. The zero-order valence-electron chi connectivity index (χ0n) is 7.13. The first-order chi connectivity index (χ1) is 5.91. The highest BCUT2D eigenvalue weighted by Gasteiger charge is 1.89. The lowest BCUT2D eigenvalue weighted by atomic mass is 10.8. The zero-order chi connectivity index (χ0) is 9.07. The van der Waals surface area contributed by atoms with Crippen LogP contribution in [0.3, 0.4) is 0 Å². The third kappa shape index (κ3) is 10.7. The van der Waals surface area contributed by atoms with Gasteiger partial charge in [-0.15, -0.1) is 23.4 Å². The number of alkyl halides is 1. The highest BCUT2D eigenvalue weighted by Crippen LogP contribution is 2.01. The van der Waals surface area contributed by atoms with Gasteiger partial charge in [-0.1, -0.05) is 6.58 Å². The Morgan fingerprint density at radius 3 is 2.67 bits per heavy atom. The second kappa shape index (κ2) is 11.7. The Morgan fingerprint density at radius 2 is 2.00 bits per heavy atom. The highest BCUT2D eigenvalue weighted by molar-refractivity contribution is 8.02. The van der Waals surface area contributed by atoms with Gasteiger partial charge in [-0.25, -0.2) is 0 Å². The van der Waals surface area contributed by atoms with Crippen molar-refractivity contribution >= 4 is 35.1 Å². The molecule has 0 unspecified atom stereocenters. The third-order valence-corrected chi connectivity index (χ3v) is 3.06. The van der Waals surface area contributed by atoms with Crippen LogP contribution in [0.5, 0.6) is 0 Å². The van der Waals surface area contributed by atoms with Crippen molar-refractivity contribution in [1.29, 1.82) is 0 Å². The van der Waals surface area contributed by atoms with Crippen LogP contribution in [0.1, 0.15) is 0 Å². The quantitative estimate of drug-likeness (QED) is 0.442. The van der Waals surface area contributed by atoms with Crippen molar-refractivity contribution in [3.8, 4) is 0 Å². The van der Waals surface area contributed by atoms with E-state index in [2.05, 4.69) is 6.58 Å². The van der Waals surface area contributed by atoms with Crippen molar-refractivity contribution in [1.82, 2.24) is 0 Å². The topological polar surface area (TPSA) is 9.23 Å². The van der Waals surface area contributed by atoms with Gasteiger partial charge >= 0.3 is 0 Å². The van der Waals surface area contributed by atoms with Gasteiger partial charge in [-0.05, 0) is 5.41 Å². The summed E-state index contributed by atoms with van der Waals surface area (Å²) >= 11 is 9.03. The molecule has 0 spiro atoms. The fourth-order valence-electron chi connectivity index (χ4n) is 0.567. The fraction of sp³-hybridized carbons (Fsp3) is 0.750. The normalized spacial score (nSPS) is 10.1. The van der Waals surface area contributed by atoms with E-state index in [1.807, 2.05) is 17.2 Å². The Labute approximate surface area is 88.3 Å². The molecule has 0 aromatic heterocycles. The van der Waals surface area contributed by atoms with Crippen molar-refractivity contribution in [2.24, 2.45) is 0 Å². The summed E-state index contributed by atoms with van der Waals surface area (Å²) in [4.78, 5) is 0. The second-order valence-electron chi connectivity index (χ2n) is 1.95. The molecule has 0 aliphatic heterocycles. The molecule has 0 rings (SSSR count). The molecule has 0 amide bonds. The van der Waals surface area contributed by atoms with Crippen LogP contribution < -0.4 is 0 Å². The van der Waals surface area contributed by atoms with Gasteiger partial charge in [0.05, 0.1) is 13.2 Å². The number of rotatable bonds is 9. The van der Waals surface area contributed by atoms with Crippen LogP contribution in [0.15, 0.2) is 12.0 Å². The van der Waals surface area contributed by atoms with E-state index in [1.165, 1.54) is 0 Å². The van der Waals surface area contributed by atoms with Gasteiger partial charge in [0.15, 0.2) is 0 Å². The van der Waals surface area contributed by atoms with E-state index in [1.54, 1.807) is 11.8 Å². The summed E-state index contributed by atoms with van der Waals surface area (Å²) < 4.78 is 5.35. The average Bonchev–Trinajstić information content (AvgIpc) is 2.10. The SMILES string of the molecule is C=CSCCOCCSCCCl. The maximum absolute atomic E-state index is 5.51. The lowest BCUT2D eigenvalue weighted by Crippen LogP contribution is -2.01. The summed E-state index contributed by atoms with van der Waals surface area (Å²) in [6, 6.07) is 0. The van der Waals surface area contributed by atoms with Gasteiger partial charge in [0.2, 0.25) is 0 Å². The number of halogens is 1. The fourth-order valence-corrected chi connectivity index (χ4v) is 1.82.